The third-order valence-electron chi connectivity index (χ3n) is 12.1. The van der Waals surface area contributed by atoms with Crippen LogP contribution in [0.2, 0.25) is 0 Å². The minimum atomic E-state index is -1.47. The van der Waals surface area contributed by atoms with Crippen molar-refractivity contribution in [3.8, 4) is 0 Å². The van der Waals surface area contributed by atoms with Crippen LogP contribution in [0.25, 0.3) is 0 Å². The fraction of sp³-hybridized carbons (Fsp3) is 0.862. The number of esters is 1. The molecule has 11 nitrogen and oxygen atoms in total. The lowest BCUT2D eigenvalue weighted by atomic mass is 9.41. The standard InChI is InChI=1S/C29H42O11/c1-14-22(33)23(34)24(35)25(39-14)40-16-3-6-27(13-30)19-10-20(31)26(2)17(15-9-21(32)38-12-15)5-8-29(26,37)18(19)4-7-28(27,36)11-16/h9,13-14,16-20,22-25,31,33-37H,3-8,10-12H2,1-2H3/t14-,16-,17+,18-,19+,20-,22-,23+,24+,25-,26-,27-,28-,29-/m0/s1. The van der Waals surface area contributed by atoms with Gasteiger partial charge in [0.15, 0.2) is 6.29 Å². The zero-order valence-corrected chi connectivity index (χ0v) is 23.0. The predicted molar refractivity (Wildman–Crippen MR) is 136 cm³/mol. The lowest BCUT2D eigenvalue weighted by Crippen LogP contribution is -2.71. The van der Waals surface area contributed by atoms with Crippen molar-refractivity contribution in [1.29, 1.82) is 0 Å². The van der Waals surface area contributed by atoms with Crippen LogP contribution in [0.4, 0.5) is 0 Å². The summed E-state index contributed by atoms with van der Waals surface area (Å²) in [6.45, 7) is 3.61. The molecule has 224 valence electrons. The second-order valence-corrected chi connectivity index (χ2v) is 13.5. The van der Waals surface area contributed by atoms with Crippen molar-refractivity contribution >= 4 is 12.3 Å². The van der Waals surface area contributed by atoms with E-state index in [1.165, 1.54) is 6.08 Å². The number of hydrogen-bond donors (Lipinski definition) is 6. The summed E-state index contributed by atoms with van der Waals surface area (Å²) in [7, 11) is 0. The number of hydrogen-bond acceptors (Lipinski definition) is 11. The minimum absolute atomic E-state index is 0.0926. The van der Waals surface area contributed by atoms with Gasteiger partial charge in [0, 0.05) is 17.9 Å². The lowest BCUT2D eigenvalue weighted by Gasteiger charge is -2.66. The van der Waals surface area contributed by atoms with Crippen molar-refractivity contribution in [2.75, 3.05) is 6.61 Å². The number of ether oxygens (including phenoxy) is 3. The van der Waals surface area contributed by atoms with Crippen molar-refractivity contribution < 1.29 is 54.4 Å². The highest BCUT2D eigenvalue weighted by Gasteiger charge is 2.74. The van der Waals surface area contributed by atoms with E-state index in [1.54, 1.807) is 6.92 Å². The number of cyclic esters (lactones) is 1. The first-order chi connectivity index (χ1) is 18.8. The number of rotatable bonds is 4. The fourth-order valence-electron chi connectivity index (χ4n) is 9.74. The molecule has 5 fully saturated rings. The summed E-state index contributed by atoms with van der Waals surface area (Å²) in [5.74, 6) is -1.42. The van der Waals surface area contributed by atoms with E-state index in [4.69, 9.17) is 14.2 Å². The third kappa shape index (κ3) is 3.71. The molecule has 6 N–H and O–H groups in total. The largest absolute Gasteiger partial charge is 0.458 e. The van der Waals surface area contributed by atoms with E-state index in [0.717, 1.165) is 11.9 Å². The maximum Gasteiger partial charge on any atom is 0.331 e. The Labute approximate surface area is 233 Å². The molecule has 6 rings (SSSR count). The third-order valence-corrected chi connectivity index (χ3v) is 12.1. The summed E-state index contributed by atoms with van der Waals surface area (Å²) >= 11 is 0. The van der Waals surface area contributed by atoms with E-state index >= 15 is 0 Å². The molecule has 4 aliphatic carbocycles. The Balaban J connectivity index is 1.25. The van der Waals surface area contributed by atoms with Gasteiger partial charge in [0.25, 0.3) is 0 Å². The average Bonchev–Trinajstić information content (AvgIpc) is 3.46. The number of carbonyl (C=O) groups is 2. The highest BCUT2D eigenvalue weighted by Crippen LogP contribution is 2.70. The molecule has 4 saturated carbocycles. The highest BCUT2D eigenvalue weighted by atomic mass is 16.7. The van der Waals surface area contributed by atoms with Gasteiger partial charge in [-0.25, -0.2) is 4.79 Å². The van der Waals surface area contributed by atoms with Crippen LogP contribution in [-0.4, -0.2) is 104 Å². The van der Waals surface area contributed by atoms with Gasteiger partial charge in [0.1, 0.15) is 31.2 Å². The molecule has 40 heavy (non-hydrogen) atoms. The second-order valence-electron chi connectivity index (χ2n) is 13.5. The number of aliphatic hydroxyl groups is 6. The molecule has 14 atom stereocenters. The molecular weight excluding hydrogens is 524 g/mol. The fourth-order valence-corrected chi connectivity index (χ4v) is 9.74. The first kappa shape index (κ1) is 28.7. The van der Waals surface area contributed by atoms with Crippen LogP contribution in [0.3, 0.4) is 0 Å². The average molecular weight is 567 g/mol. The number of carbonyl (C=O) groups excluding carboxylic acids is 2. The summed E-state index contributed by atoms with van der Waals surface area (Å²) in [5.41, 5.74) is -4.09. The van der Waals surface area contributed by atoms with Crippen molar-refractivity contribution in [2.45, 2.75) is 119 Å². The van der Waals surface area contributed by atoms with Crippen molar-refractivity contribution in [1.82, 2.24) is 0 Å². The van der Waals surface area contributed by atoms with Gasteiger partial charge in [0.2, 0.25) is 0 Å². The number of aliphatic hydroxyl groups excluding tert-OH is 4. The van der Waals surface area contributed by atoms with E-state index in [0.29, 0.717) is 25.7 Å². The van der Waals surface area contributed by atoms with Crippen LogP contribution < -0.4 is 0 Å². The van der Waals surface area contributed by atoms with Gasteiger partial charge in [-0.2, -0.15) is 0 Å². The Morgan fingerprint density at radius 2 is 1.75 bits per heavy atom. The molecule has 0 radical (unpaired) electrons. The topological polar surface area (TPSA) is 183 Å². The van der Waals surface area contributed by atoms with Crippen LogP contribution in [0, 0.1) is 28.6 Å². The van der Waals surface area contributed by atoms with Crippen LogP contribution in [0.15, 0.2) is 11.6 Å². The quantitative estimate of drug-likeness (QED) is 0.149. The SMILES string of the molecule is C[C@@H]1O[C@@H](O[C@H]2CC[C@]3(C=O)[C@@H]4C[C@H](O)[C@]5(C)[C@@H](C6=CC(=O)OC6)CC[C@]5(O)[C@H]4CC[C@]3(O)C2)[C@H](O)[C@H](O)[C@H]1O. The Hall–Kier alpha value is -1.44. The van der Waals surface area contributed by atoms with Gasteiger partial charge in [-0.1, -0.05) is 6.92 Å². The molecule has 0 unspecified atom stereocenters. The molecule has 0 aromatic rings. The molecule has 0 amide bonds. The van der Waals surface area contributed by atoms with Gasteiger partial charge in [-0.05, 0) is 75.2 Å². The Morgan fingerprint density at radius 3 is 2.42 bits per heavy atom. The molecule has 2 heterocycles. The van der Waals surface area contributed by atoms with Gasteiger partial charge >= 0.3 is 5.97 Å². The number of fused-ring (bicyclic) bond motifs is 5. The summed E-state index contributed by atoms with van der Waals surface area (Å²) in [4.78, 5) is 24.8. The smallest absolute Gasteiger partial charge is 0.331 e. The maximum absolute atomic E-state index is 13.0. The van der Waals surface area contributed by atoms with Gasteiger partial charge in [-0.15, -0.1) is 0 Å². The first-order valence-corrected chi connectivity index (χ1v) is 14.6. The van der Waals surface area contributed by atoms with Gasteiger partial charge in [0.05, 0.1) is 34.9 Å². The van der Waals surface area contributed by atoms with E-state index < -0.39 is 76.8 Å². The van der Waals surface area contributed by atoms with Crippen molar-refractivity contribution in [3.63, 3.8) is 0 Å². The summed E-state index contributed by atoms with van der Waals surface area (Å²) < 4.78 is 16.8. The van der Waals surface area contributed by atoms with E-state index in [-0.39, 0.29) is 44.1 Å². The highest BCUT2D eigenvalue weighted by molar-refractivity contribution is 5.85. The molecule has 2 aliphatic heterocycles. The Bertz CT molecular complexity index is 1080. The van der Waals surface area contributed by atoms with Crippen molar-refractivity contribution in [2.24, 2.45) is 28.6 Å². The molecule has 0 aromatic heterocycles. The van der Waals surface area contributed by atoms with Crippen LogP contribution in [-0.2, 0) is 23.8 Å². The van der Waals surface area contributed by atoms with Crippen molar-refractivity contribution in [3.05, 3.63) is 11.6 Å². The van der Waals surface area contributed by atoms with Gasteiger partial charge < -0.3 is 49.6 Å². The Morgan fingerprint density at radius 1 is 1.00 bits per heavy atom. The lowest BCUT2D eigenvalue weighted by molar-refractivity contribution is -0.319. The maximum atomic E-state index is 13.0. The molecule has 0 aromatic carbocycles. The molecule has 1 saturated heterocycles. The molecule has 11 heteroatoms. The molecule has 0 bridgehead atoms. The summed E-state index contributed by atoms with van der Waals surface area (Å²) in [5, 5.41) is 66.7. The molecule has 6 aliphatic rings. The number of aldehydes is 1. The van der Waals surface area contributed by atoms with Gasteiger partial charge in [-0.3, -0.25) is 0 Å². The first-order valence-electron chi connectivity index (χ1n) is 14.6. The normalized spacial score (nSPS) is 56.0. The van der Waals surface area contributed by atoms with Crippen LogP contribution in [0.5, 0.6) is 0 Å². The molecule has 0 spiro atoms. The second kappa shape index (κ2) is 9.54. The zero-order valence-electron chi connectivity index (χ0n) is 23.0. The monoisotopic (exact) mass is 566 g/mol. The van der Waals surface area contributed by atoms with E-state index in [1.807, 2.05) is 6.92 Å². The van der Waals surface area contributed by atoms with E-state index in [2.05, 4.69) is 0 Å². The van der Waals surface area contributed by atoms with Crippen LogP contribution >= 0.6 is 0 Å². The van der Waals surface area contributed by atoms with E-state index in [9.17, 15) is 40.2 Å². The Kier molecular flexibility index (Phi) is 6.83. The van der Waals surface area contributed by atoms with Crippen LogP contribution in [0.1, 0.15) is 65.2 Å². The predicted octanol–water partition coefficient (Wildman–Crippen LogP) is -0.279. The minimum Gasteiger partial charge on any atom is -0.458 e. The zero-order chi connectivity index (χ0) is 28.8. The summed E-state index contributed by atoms with van der Waals surface area (Å²) in [6.07, 6.45) is -2.70. The summed E-state index contributed by atoms with van der Waals surface area (Å²) in [6, 6.07) is 0. The molecular formula is C29H42O11.